The van der Waals surface area contributed by atoms with Gasteiger partial charge in [0, 0.05) is 0 Å². The maximum absolute atomic E-state index is 3.36. The first-order valence-electron chi connectivity index (χ1n) is 7.56. The number of allylic oxidation sites excluding steroid dienone is 4. The van der Waals surface area contributed by atoms with Crippen LogP contribution < -0.4 is 10.4 Å². The third kappa shape index (κ3) is 1.56. The van der Waals surface area contributed by atoms with Crippen LogP contribution in [0.4, 0.5) is 0 Å². The standard InChI is InChI=1S/C21H14/c1-3-7-18-14(5-1)9-10-16-12-21-17(13-20(16)18)11-15-6-2-4-8-19(15)21/h4-6,8-9,11-13H,3,7,10H2. The lowest BCUT2D eigenvalue weighted by atomic mass is 9.85. The summed E-state index contributed by atoms with van der Waals surface area (Å²) < 4.78 is 0. The molecule has 0 aliphatic heterocycles. The molecule has 21 heavy (non-hydrogen) atoms. The fourth-order valence-electron chi connectivity index (χ4n) is 3.74. The molecule has 5 rings (SSSR count). The number of benzene rings is 2. The normalized spacial score (nSPS) is 17.3. The molecular weight excluding hydrogens is 252 g/mol. The summed E-state index contributed by atoms with van der Waals surface area (Å²) in [5.74, 6) is 0. The molecule has 0 heteroatoms. The largest absolute Gasteiger partial charge is 0.0725 e. The lowest BCUT2D eigenvalue weighted by Crippen LogP contribution is -2.19. The highest BCUT2D eigenvalue weighted by atomic mass is 14.2. The zero-order valence-corrected chi connectivity index (χ0v) is 11.7. The van der Waals surface area contributed by atoms with Gasteiger partial charge in [0.15, 0.2) is 0 Å². The molecule has 0 nitrogen and oxygen atoms in total. The van der Waals surface area contributed by atoms with Gasteiger partial charge in [-0.15, -0.1) is 0 Å². The maximum atomic E-state index is 3.36. The fourth-order valence-corrected chi connectivity index (χ4v) is 3.74. The van der Waals surface area contributed by atoms with Crippen molar-refractivity contribution in [1.82, 2.24) is 0 Å². The first-order chi connectivity index (χ1) is 10.4. The van der Waals surface area contributed by atoms with Crippen molar-refractivity contribution in [3.8, 4) is 0 Å². The first kappa shape index (κ1) is 11.3. The third-order valence-corrected chi connectivity index (χ3v) is 4.76. The summed E-state index contributed by atoms with van der Waals surface area (Å²) in [7, 11) is 0. The molecule has 0 fully saturated rings. The Morgan fingerprint density at radius 2 is 2.05 bits per heavy atom. The Bertz CT molecular complexity index is 1050. The lowest BCUT2D eigenvalue weighted by molar-refractivity contribution is 0.991. The van der Waals surface area contributed by atoms with E-state index in [9.17, 15) is 0 Å². The minimum atomic E-state index is 1.04. The van der Waals surface area contributed by atoms with E-state index in [0.29, 0.717) is 0 Å². The summed E-state index contributed by atoms with van der Waals surface area (Å²) in [6, 6.07) is 14.3. The number of rotatable bonds is 0. The summed E-state index contributed by atoms with van der Waals surface area (Å²) in [6.45, 7) is 0. The minimum absolute atomic E-state index is 1.04. The van der Waals surface area contributed by atoms with Crippen LogP contribution in [0.3, 0.4) is 0 Å². The molecule has 3 aliphatic carbocycles. The molecule has 3 aliphatic rings. The van der Waals surface area contributed by atoms with E-state index in [1.807, 2.05) is 6.07 Å². The zero-order valence-electron chi connectivity index (χ0n) is 11.7. The van der Waals surface area contributed by atoms with Crippen LogP contribution in [0.5, 0.6) is 0 Å². The van der Waals surface area contributed by atoms with Crippen molar-refractivity contribution in [1.29, 1.82) is 0 Å². The SMILES string of the molecule is [C]1=CC2=CCc3cc4c(cc3=C2CC1)C=c1c[c]ccc1=4. The molecular formula is C21H14. The lowest BCUT2D eigenvalue weighted by Gasteiger charge is -2.19. The van der Waals surface area contributed by atoms with Crippen LogP contribution in [0.15, 0.2) is 48.1 Å². The van der Waals surface area contributed by atoms with Gasteiger partial charge in [-0.25, -0.2) is 0 Å². The van der Waals surface area contributed by atoms with Crippen molar-refractivity contribution in [3.05, 3.63) is 92.2 Å². The third-order valence-electron chi connectivity index (χ3n) is 4.76. The summed E-state index contributed by atoms with van der Waals surface area (Å²) in [5.41, 5.74) is 5.72. The molecule has 0 saturated carbocycles. The Labute approximate surface area is 123 Å². The topological polar surface area (TPSA) is 0 Å². The van der Waals surface area contributed by atoms with E-state index in [0.717, 1.165) is 19.3 Å². The van der Waals surface area contributed by atoms with E-state index < -0.39 is 0 Å². The Morgan fingerprint density at radius 1 is 1.05 bits per heavy atom. The molecule has 0 saturated heterocycles. The van der Waals surface area contributed by atoms with Crippen molar-refractivity contribution in [2.45, 2.75) is 19.3 Å². The fraction of sp³-hybridized carbons (Fsp3) is 0.143. The van der Waals surface area contributed by atoms with Crippen LogP contribution in [-0.4, -0.2) is 0 Å². The van der Waals surface area contributed by atoms with Gasteiger partial charge in [-0.05, 0) is 98.8 Å². The first-order valence-corrected chi connectivity index (χ1v) is 7.56. The second-order valence-corrected chi connectivity index (χ2v) is 5.94. The van der Waals surface area contributed by atoms with Gasteiger partial charge < -0.3 is 0 Å². The second-order valence-electron chi connectivity index (χ2n) is 5.94. The highest BCUT2D eigenvalue weighted by molar-refractivity contribution is 5.73. The average molecular weight is 266 g/mol. The van der Waals surface area contributed by atoms with Crippen LogP contribution in [0.25, 0.3) is 11.6 Å². The average Bonchev–Trinajstić information content (AvgIpc) is 2.90. The minimum Gasteiger partial charge on any atom is -0.0725 e. The van der Waals surface area contributed by atoms with E-state index in [-0.39, 0.29) is 0 Å². The van der Waals surface area contributed by atoms with Crippen LogP contribution >= 0.6 is 0 Å². The van der Waals surface area contributed by atoms with Gasteiger partial charge in [0.1, 0.15) is 0 Å². The Morgan fingerprint density at radius 3 is 3.05 bits per heavy atom. The summed E-state index contributed by atoms with van der Waals surface area (Å²) >= 11 is 0. The van der Waals surface area contributed by atoms with Crippen molar-refractivity contribution in [2.75, 3.05) is 0 Å². The second kappa shape index (κ2) is 4.08. The molecule has 0 heterocycles. The van der Waals surface area contributed by atoms with Gasteiger partial charge in [0.05, 0.1) is 0 Å². The van der Waals surface area contributed by atoms with Gasteiger partial charge in [0.25, 0.3) is 0 Å². The number of fused-ring (bicyclic) bond motifs is 4. The van der Waals surface area contributed by atoms with E-state index in [2.05, 4.69) is 54.6 Å². The Balaban J connectivity index is 1.92. The molecule has 0 spiro atoms. The zero-order chi connectivity index (χ0) is 13.8. The van der Waals surface area contributed by atoms with Gasteiger partial charge in [0.2, 0.25) is 0 Å². The molecule has 0 amide bonds. The molecule has 2 aromatic rings. The monoisotopic (exact) mass is 266 g/mol. The highest BCUT2D eigenvalue weighted by Gasteiger charge is 2.15. The van der Waals surface area contributed by atoms with Crippen molar-refractivity contribution in [3.63, 3.8) is 0 Å². The molecule has 0 unspecified atom stereocenters. The number of hydrogen-bond acceptors (Lipinski definition) is 0. The van der Waals surface area contributed by atoms with Crippen LogP contribution in [0, 0.1) is 22.6 Å². The quantitative estimate of drug-likeness (QED) is 0.587. The van der Waals surface area contributed by atoms with Gasteiger partial charge in [-0.2, -0.15) is 0 Å². The van der Waals surface area contributed by atoms with Crippen molar-refractivity contribution >= 4 is 11.6 Å². The Kier molecular flexibility index (Phi) is 2.20. The molecule has 2 aromatic carbocycles. The smallest absolute Gasteiger partial charge is 0.00821 e. The van der Waals surface area contributed by atoms with Gasteiger partial charge in [-0.1, -0.05) is 24.3 Å². The molecule has 2 radical (unpaired) electrons. The molecule has 98 valence electrons. The summed E-state index contributed by atoms with van der Waals surface area (Å²) in [6.07, 6.45) is 13.4. The Hall–Kier alpha value is -2.34. The van der Waals surface area contributed by atoms with Gasteiger partial charge >= 0.3 is 0 Å². The van der Waals surface area contributed by atoms with E-state index in [1.165, 1.54) is 43.1 Å². The van der Waals surface area contributed by atoms with E-state index in [4.69, 9.17) is 0 Å². The summed E-state index contributed by atoms with van der Waals surface area (Å²) in [5, 5.41) is 5.48. The molecule has 0 N–H and O–H groups in total. The maximum Gasteiger partial charge on any atom is -0.00821 e. The summed E-state index contributed by atoms with van der Waals surface area (Å²) in [4.78, 5) is 0. The van der Waals surface area contributed by atoms with Gasteiger partial charge in [-0.3, -0.25) is 0 Å². The molecule has 0 bridgehead atoms. The predicted octanol–water partition coefficient (Wildman–Crippen LogP) is 2.70. The van der Waals surface area contributed by atoms with E-state index >= 15 is 0 Å². The predicted molar refractivity (Wildman–Crippen MR) is 84.5 cm³/mol. The van der Waals surface area contributed by atoms with Crippen molar-refractivity contribution < 1.29 is 0 Å². The van der Waals surface area contributed by atoms with Crippen LogP contribution in [0.1, 0.15) is 24.0 Å². The van der Waals surface area contributed by atoms with Crippen LogP contribution in [0.2, 0.25) is 0 Å². The molecule has 0 atom stereocenters. The molecule has 0 aromatic heterocycles. The van der Waals surface area contributed by atoms with Crippen molar-refractivity contribution in [2.24, 2.45) is 0 Å². The number of hydrogen-bond donors (Lipinski definition) is 0. The van der Waals surface area contributed by atoms with Crippen LogP contribution in [-0.2, 0) is 6.42 Å². The highest BCUT2D eigenvalue weighted by Crippen LogP contribution is 2.27. The van der Waals surface area contributed by atoms with E-state index in [1.54, 1.807) is 0 Å².